The molecule has 0 saturated heterocycles. The number of amides is 1. The zero-order chi connectivity index (χ0) is 23.1. The van der Waals surface area contributed by atoms with Gasteiger partial charge >= 0.3 is 0 Å². The van der Waals surface area contributed by atoms with Crippen LogP contribution in [0.5, 0.6) is 5.75 Å². The molecule has 3 rings (SSSR count). The van der Waals surface area contributed by atoms with Crippen LogP contribution in [0.4, 0.5) is 5.95 Å². The van der Waals surface area contributed by atoms with E-state index >= 15 is 0 Å². The third kappa shape index (κ3) is 6.18. The molecular weight excluding hydrogens is 402 g/mol. The standard InChI is InChI=1S/C25H33N5O2/c1-18(2)19-6-10-21(11-7-19)30-17-23(20-8-12-22(32-5)13-9-20)27-25(30)28-24(31)16-26-14-15-29(3)4/h6-13,17-18,26H,14-16H2,1-5H3,(H,27,28,31). The van der Waals surface area contributed by atoms with Gasteiger partial charge in [0.15, 0.2) is 0 Å². The van der Waals surface area contributed by atoms with Crippen LogP contribution >= 0.6 is 0 Å². The highest BCUT2D eigenvalue weighted by Crippen LogP contribution is 2.27. The van der Waals surface area contributed by atoms with E-state index in [-0.39, 0.29) is 12.5 Å². The second-order valence-electron chi connectivity index (χ2n) is 8.32. The van der Waals surface area contributed by atoms with Crippen LogP contribution in [0, 0.1) is 0 Å². The molecule has 1 aromatic heterocycles. The molecule has 32 heavy (non-hydrogen) atoms. The lowest BCUT2D eigenvalue weighted by Crippen LogP contribution is -2.33. The van der Waals surface area contributed by atoms with Gasteiger partial charge in [-0.3, -0.25) is 14.7 Å². The summed E-state index contributed by atoms with van der Waals surface area (Å²) in [6.07, 6.45) is 1.95. The normalized spacial score (nSPS) is 11.2. The summed E-state index contributed by atoms with van der Waals surface area (Å²) in [5, 5.41) is 6.12. The Kier molecular flexibility index (Phi) is 8.03. The zero-order valence-electron chi connectivity index (χ0n) is 19.6. The lowest BCUT2D eigenvalue weighted by molar-refractivity contribution is -0.115. The predicted molar refractivity (Wildman–Crippen MR) is 130 cm³/mol. The second-order valence-corrected chi connectivity index (χ2v) is 8.32. The average molecular weight is 436 g/mol. The molecule has 0 fully saturated rings. The van der Waals surface area contributed by atoms with Crippen LogP contribution in [-0.4, -0.2) is 61.2 Å². The van der Waals surface area contributed by atoms with E-state index in [1.807, 2.05) is 49.1 Å². The molecule has 2 aromatic carbocycles. The Morgan fingerprint density at radius 3 is 2.38 bits per heavy atom. The molecule has 0 spiro atoms. The predicted octanol–water partition coefficient (Wildman–Crippen LogP) is 3.76. The fraction of sp³-hybridized carbons (Fsp3) is 0.360. The summed E-state index contributed by atoms with van der Waals surface area (Å²) >= 11 is 0. The third-order valence-corrected chi connectivity index (χ3v) is 5.20. The molecule has 2 N–H and O–H groups in total. The minimum absolute atomic E-state index is 0.129. The molecule has 3 aromatic rings. The molecule has 0 unspecified atom stereocenters. The lowest BCUT2D eigenvalue weighted by Gasteiger charge is -2.12. The Balaban J connectivity index is 1.85. The molecule has 0 saturated carbocycles. The number of carbonyl (C=O) groups is 1. The van der Waals surface area contributed by atoms with Crippen molar-refractivity contribution in [3.63, 3.8) is 0 Å². The van der Waals surface area contributed by atoms with E-state index in [1.54, 1.807) is 7.11 Å². The molecule has 7 heteroatoms. The van der Waals surface area contributed by atoms with Crippen molar-refractivity contribution in [1.29, 1.82) is 0 Å². The van der Waals surface area contributed by atoms with Gasteiger partial charge in [-0.15, -0.1) is 0 Å². The molecule has 1 heterocycles. The van der Waals surface area contributed by atoms with Crippen LogP contribution in [0.25, 0.3) is 16.9 Å². The van der Waals surface area contributed by atoms with Crippen LogP contribution in [0.1, 0.15) is 25.3 Å². The van der Waals surface area contributed by atoms with Gasteiger partial charge in [-0.05, 0) is 62.0 Å². The van der Waals surface area contributed by atoms with Crippen molar-refractivity contribution >= 4 is 11.9 Å². The molecule has 0 aliphatic rings. The minimum atomic E-state index is -0.129. The van der Waals surface area contributed by atoms with Crippen molar-refractivity contribution in [2.45, 2.75) is 19.8 Å². The molecule has 1 amide bonds. The number of nitrogens with zero attached hydrogens (tertiary/aromatic N) is 3. The summed E-state index contributed by atoms with van der Waals surface area (Å²) in [5.74, 6) is 1.60. The molecule has 0 aliphatic carbocycles. The number of hydrogen-bond donors (Lipinski definition) is 2. The van der Waals surface area contributed by atoms with Crippen molar-refractivity contribution in [1.82, 2.24) is 19.8 Å². The first-order valence-electron chi connectivity index (χ1n) is 10.9. The summed E-state index contributed by atoms with van der Waals surface area (Å²) in [6, 6.07) is 16.1. The second kappa shape index (κ2) is 10.9. The van der Waals surface area contributed by atoms with Gasteiger partial charge in [0, 0.05) is 30.5 Å². The van der Waals surface area contributed by atoms with E-state index in [9.17, 15) is 4.79 Å². The largest absolute Gasteiger partial charge is 0.497 e. The highest BCUT2D eigenvalue weighted by molar-refractivity contribution is 5.91. The number of imidazole rings is 1. The van der Waals surface area contributed by atoms with Gasteiger partial charge in [-0.25, -0.2) is 4.98 Å². The third-order valence-electron chi connectivity index (χ3n) is 5.20. The number of carbonyl (C=O) groups excluding carboxylic acids is 1. The number of nitrogens with one attached hydrogen (secondary N) is 2. The van der Waals surface area contributed by atoms with Gasteiger partial charge in [0.1, 0.15) is 5.75 Å². The summed E-state index contributed by atoms with van der Waals surface area (Å²) in [6.45, 7) is 6.17. The molecule has 7 nitrogen and oxygen atoms in total. The molecule has 170 valence electrons. The van der Waals surface area contributed by atoms with Crippen molar-refractivity contribution in [3.8, 4) is 22.7 Å². The van der Waals surface area contributed by atoms with E-state index in [0.29, 0.717) is 11.9 Å². The number of aromatic nitrogens is 2. The minimum Gasteiger partial charge on any atom is -0.497 e. The summed E-state index contributed by atoms with van der Waals surface area (Å²) in [7, 11) is 5.65. The maximum atomic E-state index is 12.6. The van der Waals surface area contributed by atoms with Crippen LogP contribution in [0.15, 0.2) is 54.7 Å². The Labute approximate surface area is 190 Å². The Morgan fingerprint density at radius 1 is 1.09 bits per heavy atom. The van der Waals surface area contributed by atoms with Gasteiger partial charge in [-0.2, -0.15) is 0 Å². The first-order chi connectivity index (χ1) is 15.4. The lowest BCUT2D eigenvalue weighted by atomic mass is 10.0. The van der Waals surface area contributed by atoms with Gasteiger partial charge in [0.2, 0.25) is 11.9 Å². The molecule has 0 aliphatic heterocycles. The molecular formula is C25H33N5O2. The molecule has 0 bridgehead atoms. The Hall–Kier alpha value is -3.16. The number of benzene rings is 2. The highest BCUT2D eigenvalue weighted by atomic mass is 16.5. The topological polar surface area (TPSA) is 71.4 Å². The van der Waals surface area contributed by atoms with Gasteiger partial charge < -0.3 is 15.0 Å². The number of hydrogen-bond acceptors (Lipinski definition) is 5. The maximum absolute atomic E-state index is 12.6. The number of likely N-dealkylation sites (N-methyl/N-ethyl adjacent to an activating group) is 1. The molecule has 0 radical (unpaired) electrons. The Morgan fingerprint density at radius 2 is 1.78 bits per heavy atom. The van der Waals surface area contributed by atoms with Crippen molar-refractivity contribution in [3.05, 3.63) is 60.3 Å². The quantitative estimate of drug-likeness (QED) is 0.475. The van der Waals surface area contributed by atoms with Gasteiger partial charge in [0.05, 0.1) is 19.3 Å². The number of ether oxygens (including phenoxy) is 1. The van der Waals surface area contributed by atoms with Crippen LogP contribution in [0.2, 0.25) is 0 Å². The number of anilines is 1. The van der Waals surface area contributed by atoms with E-state index < -0.39 is 0 Å². The first kappa shape index (κ1) is 23.5. The van der Waals surface area contributed by atoms with Crippen LogP contribution in [0.3, 0.4) is 0 Å². The van der Waals surface area contributed by atoms with Crippen LogP contribution < -0.4 is 15.4 Å². The fourth-order valence-corrected chi connectivity index (χ4v) is 3.26. The maximum Gasteiger partial charge on any atom is 0.240 e. The van der Waals surface area contributed by atoms with E-state index in [1.165, 1.54) is 5.56 Å². The summed E-state index contributed by atoms with van der Waals surface area (Å²) in [4.78, 5) is 19.3. The Bertz CT molecular complexity index is 1010. The van der Waals surface area contributed by atoms with Gasteiger partial charge in [0.25, 0.3) is 0 Å². The van der Waals surface area contributed by atoms with E-state index in [0.717, 1.165) is 35.8 Å². The molecule has 0 atom stereocenters. The monoisotopic (exact) mass is 435 g/mol. The highest BCUT2D eigenvalue weighted by Gasteiger charge is 2.14. The van der Waals surface area contributed by atoms with Gasteiger partial charge in [-0.1, -0.05) is 26.0 Å². The summed E-state index contributed by atoms with van der Waals surface area (Å²) in [5.41, 5.74) is 3.93. The average Bonchev–Trinajstić information content (AvgIpc) is 3.20. The first-order valence-corrected chi connectivity index (χ1v) is 10.9. The van der Waals surface area contributed by atoms with Crippen molar-refractivity contribution in [2.24, 2.45) is 0 Å². The smallest absolute Gasteiger partial charge is 0.240 e. The van der Waals surface area contributed by atoms with E-state index in [2.05, 4.69) is 53.6 Å². The van der Waals surface area contributed by atoms with Crippen molar-refractivity contribution in [2.75, 3.05) is 46.2 Å². The number of rotatable bonds is 10. The van der Waals surface area contributed by atoms with Crippen molar-refractivity contribution < 1.29 is 9.53 Å². The zero-order valence-corrected chi connectivity index (χ0v) is 19.6. The number of methoxy groups -OCH3 is 1. The van der Waals surface area contributed by atoms with Crippen LogP contribution in [-0.2, 0) is 4.79 Å². The fourth-order valence-electron chi connectivity index (χ4n) is 3.26. The summed E-state index contributed by atoms with van der Waals surface area (Å²) < 4.78 is 7.17. The SMILES string of the molecule is COc1ccc(-c2cn(-c3ccc(C(C)C)cc3)c(NC(=O)CNCCN(C)C)n2)cc1. The van der Waals surface area contributed by atoms with E-state index in [4.69, 9.17) is 9.72 Å².